The molecule has 1 rings (SSSR count). The summed E-state index contributed by atoms with van der Waals surface area (Å²) >= 11 is 0. The van der Waals surface area contributed by atoms with E-state index in [2.05, 4.69) is 5.32 Å². The van der Waals surface area contributed by atoms with Crippen LogP contribution in [0.15, 0.2) is 18.2 Å². The van der Waals surface area contributed by atoms with Crippen LogP contribution < -0.4 is 16.2 Å². The van der Waals surface area contributed by atoms with Crippen molar-refractivity contribution in [2.24, 2.45) is 0 Å². The summed E-state index contributed by atoms with van der Waals surface area (Å²) < 4.78 is 0. The van der Waals surface area contributed by atoms with Gasteiger partial charge >= 0.3 is 0 Å². The highest BCUT2D eigenvalue weighted by Gasteiger charge is 2.10. The summed E-state index contributed by atoms with van der Waals surface area (Å²) in [6.45, 7) is 0.657. The Morgan fingerprint density at radius 3 is 2.63 bits per heavy atom. The number of aliphatic carboxylic acids is 1. The molecule has 0 radical (unpaired) electrons. The lowest BCUT2D eigenvalue weighted by molar-refractivity contribution is -0.383. The molecule has 0 saturated heterocycles. The van der Waals surface area contributed by atoms with E-state index in [0.717, 1.165) is 12.8 Å². The molecule has 0 aromatic heterocycles. The average Bonchev–Trinajstić information content (AvgIpc) is 2.32. The first kappa shape index (κ1) is 14.7. The van der Waals surface area contributed by atoms with Gasteiger partial charge in [0.15, 0.2) is 0 Å². The number of unbranched alkanes of at least 4 members (excludes halogenated alkanes) is 2. The van der Waals surface area contributed by atoms with Crippen molar-refractivity contribution < 1.29 is 14.8 Å². The summed E-state index contributed by atoms with van der Waals surface area (Å²) in [6.07, 6.45) is 2.25. The van der Waals surface area contributed by atoms with Crippen molar-refractivity contribution in [2.75, 3.05) is 17.6 Å². The van der Waals surface area contributed by atoms with Gasteiger partial charge in [-0.3, -0.25) is 10.1 Å². The van der Waals surface area contributed by atoms with Gasteiger partial charge in [-0.1, -0.05) is 6.42 Å². The third-order valence-corrected chi connectivity index (χ3v) is 2.61. The lowest BCUT2D eigenvalue weighted by Gasteiger charge is -2.07. The highest BCUT2D eigenvalue weighted by molar-refractivity contribution is 5.65. The predicted octanol–water partition coefficient (Wildman–Crippen LogP) is 0.899. The quantitative estimate of drug-likeness (QED) is 0.312. The van der Waals surface area contributed by atoms with Gasteiger partial charge in [-0.15, -0.1) is 0 Å². The second kappa shape index (κ2) is 7.20. The summed E-state index contributed by atoms with van der Waals surface area (Å²) in [5, 5.41) is 23.8. The van der Waals surface area contributed by atoms with Crippen LogP contribution in [-0.4, -0.2) is 17.4 Å². The predicted molar refractivity (Wildman–Crippen MR) is 69.5 cm³/mol. The number of nitrogens with zero attached hydrogens (tertiary/aromatic N) is 1. The molecule has 0 aliphatic heterocycles. The first-order chi connectivity index (χ1) is 9.00. The Morgan fingerprint density at radius 2 is 2.05 bits per heavy atom. The van der Waals surface area contributed by atoms with Gasteiger partial charge in [0.2, 0.25) is 0 Å². The topological polar surface area (TPSA) is 121 Å². The maximum absolute atomic E-state index is 10.6. The second-order valence-corrected chi connectivity index (χ2v) is 4.14. The van der Waals surface area contributed by atoms with Gasteiger partial charge in [-0.25, -0.2) is 0 Å². The maximum atomic E-state index is 10.6. The van der Waals surface area contributed by atoms with Gasteiger partial charge < -0.3 is 21.0 Å². The highest BCUT2D eigenvalue weighted by Crippen LogP contribution is 2.24. The molecule has 7 heteroatoms. The molecule has 0 spiro atoms. The molecular weight excluding hydrogens is 250 g/mol. The SMILES string of the molecule is Nc1cc(NCCCCCC(=O)[O-])ccc1[N+](=O)[O-]. The van der Waals surface area contributed by atoms with E-state index in [1.807, 2.05) is 0 Å². The van der Waals surface area contributed by atoms with Crippen LogP contribution in [-0.2, 0) is 4.79 Å². The fourth-order valence-electron chi connectivity index (χ4n) is 1.63. The lowest BCUT2D eigenvalue weighted by atomic mass is 10.2. The minimum Gasteiger partial charge on any atom is -0.550 e. The van der Waals surface area contributed by atoms with E-state index in [4.69, 9.17) is 5.73 Å². The van der Waals surface area contributed by atoms with Crippen molar-refractivity contribution in [1.82, 2.24) is 0 Å². The maximum Gasteiger partial charge on any atom is 0.292 e. The molecule has 0 amide bonds. The summed E-state index contributed by atoms with van der Waals surface area (Å²) in [4.78, 5) is 20.2. The molecule has 0 fully saturated rings. The molecule has 0 aliphatic carbocycles. The number of hydrogen-bond acceptors (Lipinski definition) is 6. The van der Waals surface area contributed by atoms with E-state index in [9.17, 15) is 20.0 Å². The van der Waals surface area contributed by atoms with Gasteiger partial charge in [-0.2, -0.15) is 0 Å². The molecule has 3 N–H and O–H groups in total. The molecule has 104 valence electrons. The number of nitrogens with one attached hydrogen (secondary N) is 1. The smallest absolute Gasteiger partial charge is 0.292 e. The normalized spacial score (nSPS) is 10.1. The molecule has 19 heavy (non-hydrogen) atoms. The number of nitro groups is 1. The van der Waals surface area contributed by atoms with Gasteiger partial charge in [-0.05, 0) is 31.4 Å². The van der Waals surface area contributed by atoms with Gasteiger partial charge in [0.1, 0.15) is 5.69 Å². The Morgan fingerprint density at radius 1 is 1.32 bits per heavy atom. The van der Waals surface area contributed by atoms with Crippen molar-refractivity contribution in [2.45, 2.75) is 25.7 Å². The van der Waals surface area contributed by atoms with Crippen LogP contribution in [0.4, 0.5) is 17.1 Å². The highest BCUT2D eigenvalue weighted by atomic mass is 16.6. The fourth-order valence-corrected chi connectivity index (χ4v) is 1.63. The van der Waals surface area contributed by atoms with E-state index < -0.39 is 10.9 Å². The number of hydrogen-bond donors (Lipinski definition) is 2. The molecule has 0 bridgehead atoms. The zero-order chi connectivity index (χ0) is 14.3. The van der Waals surface area contributed by atoms with Crippen LogP contribution >= 0.6 is 0 Å². The van der Waals surface area contributed by atoms with Crippen molar-refractivity contribution >= 4 is 23.0 Å². The minimum atomic E-state index is -1.03. The van der Waals surface area contributed by atoms with Gasteiger partial charge in [0, 0.05) is 24.3 Å². The minimum absolute atomic E-state index is 0.0739. The van der Waals surface area contributed by atoms with Crippen LogP contribution in [0.25, 0.3) is 0 Å². The number of carbonyl (C=O) groups is 1. The van der Waals surface area contributed by atoms with E-state index in [1.54, 1.807) is 6.07 Å². The number of nitrogen functional groups attached to an aromatic ring is 1. The van der Waals surface area contributed by atoms with Crippen molar-refractivity contribution in [1.29, 1.82) is 0 Å². The van der Waals surface area contributed by atoms with Crippen LogP contribution in [0.5, 0.6) is 0 Å². The zero-order valence-corrected chi connectivity index (χ0v) is 10.4. The number of carboxylic acids is 1. The number of carbonyl (C=O) groups excluding carboxylic acids is 1. The Labute approximate surface area is 110 Å². The zero-order valence-electron chi connectivity index (χ0n) is 10.4. The molecule has 0 unspecified atom stereocenters. The van der Waals surface area contributed by atoms with Crippen LogP contribution in [0, 0.1) is 10.1 Å². The molecule has 0 aliphatic rings. The Kier molecular flexibility index (Phi) is 5.59. The van der Waals surface area contributed by atoms with Crippen molar-refractivity contribution in [3.63, 3.8) is 0 Å². The summed E-state index contributed by atoms with van der Waals surface area (Å²) in [5.41, 5.74) is 6.27. The standard InChI is InChI=1S/C12H17N3O4/c13-10-8-9(5-6-11(10)15(18)19)14-7-3-1-2-4-12(16)17/h5-6,8,14H,1-4,7,13H2,(H,16,17)/p-1. The molecule has 1 aromatic rings. The van der Waals surface area contributed by atoms with Gasteiger partial charge in [0.25, 0.3) is 5.69 Å². The lowest BCUT2D eigenvalue weighted by Crippen LogP contribution is -2.21. The summed E-state index contributed by atoms with van der Waals surface area (Å²) in [6, 6.07) is 4.46. The number of benzene rings is 1. The van der Waals surface area contributed by atoms with E-state index in [1.165, 1.54) is 12.1 Å². The Bertz CT molecular complexity index is 462. The first-order valence-electron chi connectivity index (χ1n) is 5.98. The molecule has 0 atom stereocenters. The number of carboxylic acid groups (broad SMARTS) is 1. The van der Waals surface area contributed by atoms with Crippen LogP contribution in [0.2, 0.25) is 0 Å². The third kappa shape index (κ3) is 5.24. The van der Waals surface area contributed by atoms with Crippen LogP contribution in [0.3, 0.4) is 0 Å². The summed E-state index contributed by atoms with van der Waals surface area (Å²) in [7, 11) is 0. The molecular formula is C12H16N3O4-. The number of nitro benzene ring substituents is 1. The Balaban J connectivity index is 2.32. The van der Waals surface area contributed by atoms with Crippen LogP contribution in [0.1, 0.15) is 25.7 Å². The summed E-state index contributed by atoms with van der Waals surface area (Å²) in [5.74, 6) is -1.03. The molecule has 0 saturated carbocycles. The largest absolute Gasteiger partial charge is 0.550 e. The monoisotopic (exact) mass is 266 g/mol. The number of anilines is 2. The van der Waals surface area contributed by atoms with Crippen molar-refractivity contribution in [3.05, 3.63) is 28.3 Å². The van der Waals surface area contributed by atoms with E-state index in [-0.39, 0.29) is 17.8 Å². The van der Waals surface area contributed by atoms with Crippen molar-refractivity contribution in [3.8, 4) is 0 Å². The molecule has 7 nitrogen and oxygen atoms in total. The number of rotatable bonds is 8. The second-order valence-electron chi connectivity index (χ2n) is 4.14. The van der Waals surface area contributed by atoms with Gasteiger partial charge in [0.05, 0.1) is 4.92 Å². The fraction of sp³-hybridized carbons (Fsp3) is 0.417. The first-order valence-corrected chi connectivity index (χ1v) is 5.98. The number of nitrogens with two attached hydrogens (primary N) is 1. The third-order valence-electron chi connectivity index (χ3n) is 2.61. The van der Waals surface area contributed by atoms with E-state index in [0.29, 0.717) is 18.7 Å². The van der Waals surface area contributed by atoms with E-state index >= 15 is 0 Å². The molecule has 0 heterocycles. The average molecular weight is 266 g/mol. The Hall–Kier alpha value is -2.31. The molecule has 1 aromatic carbocycles.